The van der Waals surface area contributed by atoms with Crippen LogP contribution in [0.25, 0.3) is 10.9 Å². The van der Waals surface area contributed by atoms with Crippen molar-refractivity contribution in [3.8, 4) is 0 Å². The lowest BCUT2D eigenvalue weighted by Crippen LogP contribution is -2.14. The Bertz CT molecular complexity index is 462. The van der Waals surface area contributed by atoms with Crippen molar-refractivity contribution in [1.29, 1.82) is 0 Å². The van der Waals surface area contributed by atoms with Crippen molar-refractivity contribution in [3.63, 3.8) is 0 Å². The van der Waals surface area contributed by atoms with Gasteiger partial charge >= 0.3 is 0 Å². The third-order valence-electron chi connectivity index (χ3n) is 2.15. The summed E-state index contributed by atoms with van der Waals surface area (Å²) in [6.07, 6.45) is 2.51. The van der Waals surface area contributed by atoms with E-state index in [-0.39, 0.29) is 0 Å². The second-order valence-corrected chi connectivity index (χ2v) is 3.07. The van der Waals surface area contributed by atoms with E-state index in [1.165, 1.54) is 4.90 Å². The van der Waals surface area contributed by atoms with Crippen LogP contribution in [-0.4, -0.2) is 18.4 Å². The Balaban J connectivity index is 2.70. The minimum atomic E-state index is 0.781. The smallest absolute Gasteiger partial charge is 0.213 e. The molecule has 0 atom stereocenters. The van der Waals surface area contributed by atoms with E-state index in [1.54, 1.807) is 13.2 Å². The van der Waals surface area contributed by atoms with Gasteiger partial charge in [-0.2, -0.15) is 0 Å². The van der Waals surface area contributed by atoms with Crippen molar-refractivity contribution < 1.29 is 4.79 Å². The van der Waals surface area contributed by atoms with Crippen LogP contribution in [0.5, 0.6) is 0 Å². The monoisotopic (exact) mass is 186 g/mol. The van der Waals surface area contributed by atoms with Gasteiger partial charge in [-0.05, 0) is 12.1 Å². The summed E-state index contributed by atoms with van der Waals surface area (Å²) in [6, 6.07) is 9.63. The number of fused-ring (bicyclic) bond motifs is 1. The average Bonchev–Trinajstić information content (AvgIpc) is 2.27. The van der Waals surface area contributed by atoms with Crippen LogP contribution >= 0.6 is 0 Å². The molecule has 0 aliphatic heterocycles. The topological polar surface area (TPSA) is 33.2 Å². The minimum absolute atomic E-state index is 0.781. The number of hydrogen-bond acceptors (Lipinski definition) is 2. The molecular weight excluding hydrogens is 176 g/mol. The van der Waals surface area contributed by atoms with Crippen LogP contribution in [0.1, 0.15) is 0 Å². The lowest BCUT2D eigenvalue weighted by atomic mass is 10.2. The molecule has 1 aromatic carbocycles. The summed E-state index contributed by atoms with van der Waals surface area (Å²) in [7, 11) is 1.72. The highest BCUT2D eigenvalue weighted by atomic mass is 16.1. The molecule has 3 nitrogen and oxygen atoms in total. The molecule has 0 aliphatic rings. The van der Waals surface area contributed by atoms with Gasteiger partial charge in [-0.15, -0.1) is 0 Å². The normalized spacial score (nSPS) is 10.1. The van der Waals surface area contributed by atoms with Gasteiger partial charge in [0, 0.05) is 18.6 Å². The fourth-order valence-electron chi connectivity index (χ4n) is 1.43. The fourth-order valence-corrected chi connectivity index (χ4v) is 1.43. The molecule has 2 aromatic rings. The number of nitrogens with zero attached hydrogens (tertiary/aromatic N) is 2. The van der Waals surface area contributed by atoms with E-state index >= 15 is 0 Å². The van der Waals surface area contributed by atoms with Gasteiger partial charge in [0.05, 0.1) is 11.2 Å². The van der Waals surface area contributed by atoms with Crippen LogP contribution in [0.2, 0.25) is 0 Å². The Hall–Kier alpha value is -1.90. The summed E-state index contributed by atoms with van der Waals surface area (Å²) in [6.45, 7) is 0. The highest BCUT2D eigenvalue weighted by Gasteiger charge is 2.04. The molecule has 0 saturated carbocycles. The van der Waals surface area contributed by atoms with Crippen LogP contribution in [-0.2, 0) is 4.79 Å². The zero-order valence-electron chi connectivity index (χ0n) is 7.84. The van der Waals surface area contributed by atoms with Crippen molar-refractivity contribution in [2.75, 3.05) is 11.9 Å². The van der Waals surface area contributed by atoms with E-state index in [4.69, 9.17) is 0 Å². The molecule has 0 radical (unpaired) electrons. The quantitative estimate of drug-likeness (QED) is 0.670. The molecule has 0 fully saturated rings. The molecule has 1 aromatic heterocycles. The Morgan fingerprint density at radius 1 is 1.29 bits per heavy atom. The Morgan fingerprint density at radius 3 is 2.86 bits per heavy atom. The summed E-state index contributed by atoms with van der Waals surface area (Å²) in [5.74, 6) is 0. The van der Waals surface area contributed by atoms with E-state index in [0.29, 0.717) is 0 Å². The van der Waals surface area contributed by atoms with Gasteiger partial charge in [0.2, 0.25) is 6.41 Å². The molecule has 14 heavy (non-hydrogen) atoms. The molecule has 1 amide bonds. The van der Waals surface area contributed by atoms with Crippen LogP contribution in [0.4, 0.5) is 5.69 Å². The summed E-state index contributed by atoms with van der Waals surface area (Å²) in [5, 5.41) is 1.04. The average molecular weight is 186 g/mol. The molecule has 2 rings (SSSR count). The molecule has 0 unspecified atom stereocenters. The van der Waals surface area contributed by atoms with Crippen LogP contribution in [0.3, 0.4) is 0 Å². The van der Waals surface area contributed by atoms with Crippen molar-refractivity contribution in [1.82, 2.24) is 4.98 Å². The molecule has 3 heteroatoms. The Labute approximate surface area is 82.0 Å². The molecule has 0 aliphatic carbocycles. The molecular formula is C11H10N2O. The zero-order valence-corrected chi connectivity index (χ0v) is 7.84. The van der Waals surface area contributed by atoms with Gasteiger partial charge in [0.25, 0.3) is 0 Å². The predicted octanol–water partition coefficient (Wildman–Crippen LogP) is 1.83. The predicted molar refractivity (Wildman–Crippen MR) is 56.2 cm³/mol. The highest BCUT2D eigenvalue weighted by molar-refractivity contribution is 5.95. The Kier molecular flexibility index (Phi) is 2.14. The van der Waals surface area contributed by atoms with Gasteiger partial charge in [0.15, 0.2) is 0 Å². The maximum absolute atomic E-state index is 10.6. The van der Waals surface area contributed by atoms with E-state index in [0.717, 1.165) is 23.0 Å². The lowest BCUT2D eigenvalue weighted by Gasteiger charge is -2.12. The van der Waals surface area contributed by atoms with Crippen molar-refractivity contribution in [3.05, 3.63) is 36.5 Å². The van der Waals surface area contributed by atoms with Crippen LogP contribution in [0, 0.1) is 0 Å². The fraction of sp³-hybridized carbons (Fsp3) is 0.0909. The SMILES string of the molecule is CN(C=O)c1cccc2cccnc12. The standard InChI is InChI=1S/C11H10N2O/c1-13(8-14)10-6-2-4-9-5-3-7-12-11(9)10/h2-8H,1H3. The molecule has 70 valence electrons. The van der Waals surface area contributed by atoms with E-state index < -0.39 is 0 Å². The summed E-state index contributed by atoms with van der Waals surface area (Å²) in [5.41, 5.74) is 1.68. The zero-order chi connectivity index (χ0) is 9.97. The first kappa shape index (κ1) is 8.69. The van der Waals surface area contributed by atoms with Crippen molar-refractivity contribution >= 4 is 23.0 Å². The van der Waals surface area contributed by atoms with Gasteiger partial charge in [-0.3, -0.25) is 9.78 Å². The van der Waals surface area contributed by atoms with Gasteiger partial charge in [-0.25, -0.2) is 0 Å². The minimum Gasteiger partial charge on any atom is -0.316 e. The number of pyridine rings is 1. The van der Waals surface area contributed by atoms with Gasteiger partial charge in [0.1, 0.15) is 0 Å². The summed E-state index contributed by atoms with van der Waals surface area (Å²) >= 11 is 0. The lowest BCUT2D eigenvalue weighted by molar-refractivity contribution is -0.107. The van der Waals surface area contributed by atoms with Crippen LogP contribution in [0.15, 0.2) is 36.5 Å². The third kappa shape index (κ3) is 1.33. The number of carbonyl (C=O) groups excluding carboxylic acids is 1. The first-order valence-corrected chi connectivity index (χ1v) is 4.35. The molecule has 0 bridgehead atoms. The Morgan fingerprint density at radius 2 is 2.07 bits per heavy atom. The number of aromatic nitrogens is 1. The van der Waals surface area contributed by atoms with Gasteiger partial charge < -0.3 is 4.90 Å². The summed E-state index contributed by atoms with van der Waals surface area (Å²) in [4.78, 5) is 16.4. The van der Waals surface area contributed by atoms with E-state index in [1.807, 2.05) is 30.3 Å². The summed E-state index contributed by atoms with van der Waals surface area (Å²) < 4.78 is 0. The van der Waals surface area contributed by atoms with Crippen LogP contribution < -0.4 is 4.90 Å². The first-order chi connectivity index (χ1) is 6.83. The van der Waals surface area contributed by atoms with Crippen molar-refractivity contribution in [2.45, 2.75) is 0 Å². The largest absolute Gasteiger partial charge is 0.316 e. The highest BCUT2D eigenvalue weighted by Crippen LogP contribution is 2.22. The number of rotatable bonds is 2. The first-order valence-electron chi connectivity index (χ1n) is 4.35. The second kappa shape index (κ2) is 3.46. The third-order valence-corrected chi connectivity index (χ3v) is 2.15. The molecule has 0 N–H and O–H groups in total. The van der Waals surface area contributed by atoms with Gasteiger partial charge in [-0.1, -0.05) is 18.2 Å². The maximum atomic E-state index is 10.6. The second-order valence-electron chi connectivity index (χ2n) is 3.07. The number of para-hydroxylation sites is 1. The number of anilines is 1. The number of benzene rings is 1. The van der Waals surface area contributed by atoms with E-state index in [2.05, 4.69) is 4.98 Å². The van der Waals surface area contributed by atoms with Crippen molar-refractivity contribution in [2.24, 2.45) is 0 Å². The number of hydrogen-bond donors (Lipinski definition) is 0. The number of amides is 1. The molecule has 0 spiro atoms. The maximum Gasteiger partial charge on any atom is 0.213 e. The molecule has 0 saturated heterocycles. The molecule has 1 heterocycles. The van der Waals surface area contributed by atoms with E-state index in [9.17, 15) is 4.79 Å². The number of carbonyl (C=O) groups is 1.